The van der Waals surface area contributed by atoms with E-state index < -0.39 is 28.3 Å². The smallest absolute Gasteiger partial charge is 0.416 e. The number of nitrogens with zero attached hydrogens (tertiary/aromatic N) is 3. The molecule has 156 valence electrons. The highest BCUT2D eigenvalue weighted by Gasteiger charge is 2.30. The molecule has 12 heteroatoms. The number of nitro groups is 1. The lowest BCUT2D eigenvalue weighted by Crippen LogP contribution is -2.14. The molecule has 0 radical (unpaired) electrons. The van der Waals surface area contributed by atoms with Gasteiger partial charge in [0.2, 0.25) is 0 Å². The largest absolute Gasteiger partial charge is 0.457 e. The van der Waals surface area contributed by atoms with Crippen molar-refractivity contribution in [2.24, 2.45) is 7.05 Å². The first-order chi connectivity index (χ1) is 14.0. The minimum Gasteiger partial charge on any atom is -0.457 e. The van der Waals surface area contributed by atoms with E-state index in [9.17, 15) is 28.1 Å². The van der Waals surface area contributed by atoms with Crippen molar-refractivity contribution in [1.82, 2.24) is 9.78 Å². The lowest BCUT2D eigenvalue weighted by Gasteiger charge is -2.11. The van der Waals surface area contributed by atoms with Gasteiger partial charge in [0.05, 0.1) is 26.7 Å². The van der Waals surface area contributed by atoms with Crippen LogP contribution in [0.5, 0.6) is 11.5 Å². The molecule has 0 unspecified atom stereocenters. The molecule has 1 N–H and O–H groups in total. The SMILES string of the molecule is Cn1cc(Br)c(C(=O)Nc2cc(Oc3cccc(C(F)(F)F)c3)cc([N+](=O)[O-])c2)n1. The van der Waals surface area contributed by atoms with E-state index in [0.717, 1.165) is 30.3 Å². The van der Waals surface area contributed by atoms with E-state index in [0.29, 0.717) is 4.47 Å². The van der Waals surface area contributed by atoms with Crippen LogP contribution in [0.15, 0.2) is 53.1 Å². The molecule has 3 aromatic rings. The Kier molecular flexibility index (Phi) is 5.78. The quantitative estimate of drug-likeness (QED) is 0.398. The molecule has 8 nitrogen and oxygen atoms in total. The molecule has 2 aromatic carbocycles. The van der Waals surface area contributed by atoms with E-state index >= 15 is 0 Å². The van der Waals surface area contributed by atoms with E-state index in [1.807, 2.05) is 0 Å². The number of carbonyl (C=O) groups is 1. The van der Waals surface area contributed by atoms with Gasteiger partial charge in [0, 0.05) is 25.4 Å². The Labute approximate surface area is 175 Å². The third-order valence-electron chi connectivity index (χ3n) is 3.76. The fraction of sp³-hybridized carbons (Fsp3) is 0.111. The van der Waals surface area contributed by atoms with Gasteiger partial charge in [-0.25, -0.2) is 0 Å². The maximum atomic E-state index is 12.9. The third-order valence-corrected chi connectivity index (χ3v) is 4.34. The number of benzene rings is 2. The Morgan fingerprint density at radius 1 is 1.23 bits per heavy atom. The van der Waals surface area contributed by atoms with Gasteiger partial charge in [-0.3, -0.25) is 19.6 Å². The van der Waals surface area contributed by atoms with Crippen LogP contribution in [0.2, 0.25) is 0 Å². The summed E-state index contributed by atoms with van der Waals surface area (Å²) < 4.78 is 45.8. The van der Waals surface area contributed by atoms with Crippen molar-refractivity contribution < 1.29 is 27.6 Å². The number of alkyl halides is 3. The maximum Gasteiger partial charge on any atom is 0.416 e. The van der Waals surface area contributed by atoms with Crippen LogP contribution < -0.4 is 10.1 Å². The molecule has 3 rings (SSSR count). The monoisotopic (exact) mass is 484 g/mol. The number of aromatic nitrogens is 2. The van der Waals surface area contributed by atoms with Crippen LogP contribution in [0, 0.1) is 10.1 Å². The number of non-ortho nitro benzene ring substituents is 1. The van der Waals surface area contributed by atoms with Gasteiger partial charge in [-0.15, -0.1) is 0 Å². The van der Waals surface area contributed by atoms with Gasteiger partial charge < -0.3 is 10.1 Å². The first-order valence-corrected chi connectivity index (χ1v) is 8.97. The molecule has 0 aliphatic rings. The molecule has 0 aliphatic carbocycles. The summed E-state index contributed by atoms with van der Waals surface area (Å²) in [7, 11) is 1.61. The summed E-state index contributed by atoms with van der Waals surface area (Å²) >= 11 is 3.18. The first-order valence-electron chi connectivity index (χ1n) is 8.18. The van der Waals surface area contributed by atoms with E-state index in [-0.39, 0.29) is 22.9 Å². The standard InChI is InChI=1S/C18H12BrF3N4O4/c1-25-9-15(19)16(24-25)17(27)23-11-6-12(26(28)29)8-14(7-11)30-13-4-2-3-10(5-13)18(20,21)22/h2-9H,1H3,(H,23,27). The van der Waals surface area contributed by atoms with Crippen molar-refractivity contribution in [2.45, 2.75) is 6.18 Å². The van der Waals surface area contributed by atoms with E-state index in [1.54, 1.807) is 13.2 Å². The topological polar surface area (TPSA) is 99.3 Å². The van der Waals surface area contributed by atoms with E-state index in [1.165, 1.54) is 16.8 Å². The molecule has 0 saturated heterocycles. The number of nitrogens with one attached hydrogen (secondary N) is 1. The Hall–Kier alpha value is -3.41. The highest BCUT2D eigenvalue weighted by Crippen LogP contribution is 2.34. The van der Waals surface area contributed by atoms with Gasteiger partial charge in [0.15, 0.2) is 5.69 Å². The van der Waals surface area contributed by atoms with Crippen molar-refractivity contribution in [3.63, 3.8) is 0 Å². The molecular weight excluding hydrogens is 473 g/mol. The average Bonchev–Trinajstić information content (AvgIpc) is 2.99. The summed E-state index contributed by atoms with van der Waals surface area (Å²) in [6.45, 7) is 0. The zero-order valence-electron chi connectivity index (χ0n) is 15.1. The van der Waals surface area contributed by atoms with Crippen molar-refractivity contribution >= 4 is 33.2 Å². The zero-order valence-corrected chi connectivity index (χ0v) is 16.7. The second kappa shape index (κ2) is 8.14. The Morgan fingerprint density at radius 3 is 2.57 bits per heavy atom. The molecule has 0 fully saturated rings. The number of hydrogen-bond donors (Lipinski definition) is 1. The number of nitro benzene ring substituents is 1. The maximum absolute atomic E-state index is 12.9. The molecule has 1 aromatic heterocycles. The summed E-state index contributed by atoms with van der Waals surface area (Å²) in [5.74, 6) is -0.943. The van der Waals surface area contributed by atoms with Crippen LogP contribution in [0.4, 0.5) is 24.5 Å². The minimum absolute atomic E-state index is 0.00808. The van der Waals surface area contributed by atoms with Gasteiger partial charge >= 0.3 is 6.18 Å². The van der Waals surface area contributed by atoms with Crippen molar-refractivity contribution in [1.29, 1.82) is 0 Å². The number of aryl methyl sites for hydroxylation is 1. The third kappa shape index (κ3) is 4.95. The molecule has 0 atom stereocenters. The molecule has 0 saturated carbocycles. The normalized spacial score (nSPS) is 11.2. The number of carbonyl (C=O) groups excluding carboxylic acids is 1. The molecular formula is C18H12BrF3N4O4. The van der Waals surface area contributed by atoms with Crippen LogP contribution in [0.1, 0.15) is 16.1 Å². The van der Waals surface area contributed by atoms with Crippen molar-refractivity contribution in [2.75, 3.05) is 5.32 Å². The number of rotatable bonds is 5. The molecule has 1 heterocycles. The van der Waals surface area contributed by atoms with Gasteiger partial charge in [-0.1, -0.05) is 6.07 Å². The summed E-state index contributed by atoms with van der Waals surface area (Å²) in [5.41, 5.74) is -1.30. The molecule has 1 amide bonds. The van der Waals surface area contributed by atoms with Crippen LogP contribution in [0.25, 0.3) is 0 Å². The second-order valence-corrected chi connectivity index (χ2v) is 6.91. The Morgan fingerprint density at radius 2 is 1.97 bits per heavy atom. The summed E-state index contributed by atoms with van der Waals surface area (Å²) in [5, 5.41) is 17.7. The Bertz CT molecular complexity index is 1130. The highest BCUT2D eigenvalue weighted by atomic mass is 79.9. The second-order valence-electron chi connectivity index (χ2n) is 6.05. The molecule has 0 spiro atoms. The van der Waals surface area contributed by atoms with Crippen LogP contribution in [-0.4, -0.2) is 20.6 Å². The average molecular weight is 485 g/mol. The van der Waals surface area contributed by atoms with Crippen LogP contribution in [0.3, 0.4) is 0 Å². The lowest BCUT2D eigenvalue weighted by molar-refractivity contribution is -0.384. The minimum atomic E-state index is -4.57. The van der Waals surface area contributed by atoms with Crippen molar-refractivity contribution in [3.05, 3.63) is 74.5 Å². The molecule has 30 heavy (non-hydrogen) atoms. The van der Waals surface area contributed by atoms with Gasteiger partial charge in [0.1, 0.15) is 11.5 Å². The Balaban J connectivity index is 1.91. The number of ether oxygens (including phenoxy) is 1. The molecule has 0 aliphatic heterocycles. The van der Waals surface area contributed by atoms with Crippen LogP contribution >= 0.6 is 15.9 Å². The van der Waals surface area contributed by atoms with E-state index in [2.05, 4.69) is 26.3 Å². The predicted molar refractivity (Wildman–Crippen MR) is 103 cm³/mol. The lowest BCUT2D eigenvalue weighted by atomic mass is 10.2. The fourth-order valence-corrected chi connectivity index (χ4v) is 3.05. The number of halogens is 4. The summed E-state index contributed by atoms with van der Waals surface area (Å²) in [6, 6.07) is 7.44. The van der Waals surface area contributed by atoms with Gasteiger partial charge in [0.25, 0.3) is 11.6 Å². The number of hydrogen-bond acceptors (Lipinski definition) is 5. The summed E-state index contributed by atoms with van der Waals surface area (Å²) in [6.07, 6.45) is -3.03. The van der Waals surface area contributed by atoms with E-state index in [4.69, 9.17) is 4.74 Å². The van der Waals surface area contributed by atoms with Crippen LogP contribution in [-0.2, 0) is 13.2 Å². The highest BCUT2D eigenvalue weighted by molar-refractivity contribution is 9.10. The number of amides is 1. The number of anilines is 1. The fourth-order valence-electron chi connectivity index (χ4n) is 2.50. The first kappa shape index (κ1) is 21.3. The zero-order chi connectivity index (χ0) is 22.1. The van der Waals surface area contributed by atoms with Gasteiger partial charge in [-0.05, 0) is 34.1 Å². The van der Waals surface area contributed by atoms with Crippen molar-refractivity contribution in [3.8, 4) is 11.5 Å². The molecule has 0 bridgehead atoms. The van der Waals surface area contributed by atoms with Gasteiger partial charge in [-0.2, -0.15) is 18.3 Å². The summed E-state index contributed by atoms with van der Waals surface area (Å²) in [4.78, 5) is 22.9. The predicted octanol–water partition coefficient (Wildman–Crippen LogP) is 5.15.